The van der Waals surface area contributed by atoms with Crippen LogP contribution in [0.5, 0.6) is 0 Å². The molecule has 2 heteroatoms. The minimum absolute atomic E-state index is 0.179. The summed E-state index contributed by atoms with van der Waals surface area (Å²) in [4.78, 5) is 10.6. The van der Waals surface area contributed by atoms with Crippen molar-refractivity contribution in [3.8, 4) is 0 Å². The highest BCUT2D eigenvalue weighted by molar-refractivity contribution is 6.63. The Balaban J connectivity index is 2.99. The molecule has 0 fully saturated rings. The highest BCUT2D eigenvalue weighted by Crippen LogP contribution is 2.15. The van der Waals surface area contributed by atoms with Crippen LogP contribution in [-0.4, -0.2) is 5.24 Å². The Bertz CT molecular complexity index is 275. The molecule has 0 heterocycles. The van der Waals surface area contributed by atoms with Gasteiger partial charge in [0.15, 0.2) is 0 Å². The fraction of sp³-hybridized carbons (Fsp3) is 0.957. The first-order valence-electron chi connectivity index (χ1n) is 11.3. The molecule has 25 heavy (non-hydrogen) atoms. The van der Waals surface area contributed by atoms with Crippen LogP contribution in [0.2, 0.25) is 0 Å². The van der Waals surface area contributed by atoms with Crippen molar-refractivity contribution in [2.45, 2.75) is 136 Å². The molecule has 0 spiro atoms. The van der Waals surface area contributed by atoms with Crippen molar-refractivity contribution in [1.82, 2.24) is 0 Å². The first-order chi connectivity index (χ1) is 12.1. The molecule has 0 saturated carbocycles. The minimum Gasteiger partial charge on any atom is -0.281 e. The molecule has 0 amide bonds. The van der Waals surface area contributed by atoms with Gasteiger partial charge in [-0.25, -0.2) is 0 Å². The number of unbranched alkanes of at least 4 members (excludes halogenated alkanes) is 16. The maximum atomic E-state index is 10.6. The van der Waals surface area contributed by atoms with Crippen LogP contribution in [0.3, 0.4) is 0 Å². The molecule has 150 valence electrons. The summed E-state index contributed by atoms with van der Waals surface area (Å²) >= 11 is 5.32. The third-order valence-corrected chi connectivity index (χ3v) is 5.34. The van der Waals surface area contributed by atoms with Crippen molar-refractivity contribution in [3.05, 3.63) is 0 Å². The van der Waals surface area contributed by atoms with Crippen LogP contribution in [0.25, 0.3) is 0 Å². The number of hydrogen-bond donors (Lipinski definition) is 0. The van der Waals surface area contributed by atoms with E-state index in [2.05, 4.69) is 13.8 Å². The number of halogens is 1. The molecule has 0 aromatic heterocycles. The fourth-order valence-corrected chi connectivity index (χ4v) is 3.60. The Morgan fingerprint density at radius 3 is 1.12 bits per heavy atom. The molecule has 0 aromatic carbocycles. The van der Waals surface area contributed by atoms with Gasteiger partial charge in [0.1, 0.15) is 0 Å². The lowest BCUT2D eigenvalue weighted by Gasteiger charge is -2.05. The number of rotatable bonds is 20. The molecule has 0 radical (unpaired) electrons. The maximum Gasteiger partial charge on any atom is 0.221 e. The predicted molar refractivity (Wildman–Crippen MR) is 113 cm³/mol. The van der Waals surface area contributed by atoms with Crippen molar-refractivity contribution in [1.29, 1.82) is 0 Å². The molecular formula is C23H45ClO. The van der Waals surface area contributed by atoms with E-state index in [-0.39, 0.29) is 5.24 Å². The van der Waals surface area contributed by atoms with E-state index in [1.165, 1.54) is 103 Å². The van der Waals surface area contributed by atoms with Crippen LogP contribution in [0.4, 0.5) is 0 Å². The van der Waals surface area contributed by atoms with E-state index in [1.54, 1.807) is 0 Å². The van der Waals surface area contributed by atoms with Crippen molar-refractivity contribution in [2.75, 3.05) is 0 Å². The lowest BCUT2D eigenvalue weighted by atomic mass is 10.0. The lowest BCUT2D eigenvalue weighted by Crippen LogP contribution is -1.87. The van der Waals surface area contributed by atoms with E-state index in [0.717, 1.165) is 18.8 Å². The second-order valence-corrected chi connectivity index (χ2v) is 8.72. The van der Waals surface area contributed by atoms with Gasteiger partial charge >= 0.3 is 0 Å². The van der Waals surface area contributed by atoms with E-state index in [0.29, 0.717) is 6.42 Å². The van der Waals surface area contributed by atoms with Gasteiger partial charge in [0.25, 0.3) is 0 Å². The number of carbonyl (C=O) groups excluding carboxylic acids is 1. The van der Waals surface area contributed by atoms with Crippen molar-refractivity contribution in [2.24, 2.45) is 5.92 Å². The lowest BCUT2D eigenvalue weighted by molar-refractivity contribution is -0.111. The first kappa shape index (κ1) is 25.0. The van der Waals surface area contributed by atoms with Crippen LogP contribution in [0, 0.1) is 5.92 Å². The predicted octanol–water partition coefficient (Wildman–Crippen LogP) is 8.82. The molecule has 0 aliphatic rings. The summed E-state index contributed by atoms with van der Waals surface area (Å²) in [6.45, 7) is 4.66. The zero-order valence-electron chi connectivity index (χ0n) is 17.3. The highest BCUT2D eigenvalue weighted by atomic mass is 35.5. The Hall–Kier alpha value is -0.0400. The second kappa shape index (κ2) is 20.3. The zero-order valence-corrected chi connectivity index (χ0v) is 18.1. The third-order valence-electron chi connectivity index (χ3n) is 5.15. The molecule has 0 atom stereocenters. The second-order valence-electron chi connectivity index (χ2n) is 8.30. The number of carbonyl (C=O) groups is 1. The summed E-state index contributed by atoms with van der Waals surface area (Å²) in [5.41, 5.74) is 0. The van der Waals surface area contributed by atoms with E-state index >= 15 is 0 Å². The molecule has 0 rings (SSSR count). The zero-order chi connectivity index (χ0) is 18.6. The summed E-state index contributed by atoms with van der Waals surface area (Å²) in [7, 11) is 0. The standard InChI is InChI=1S/C23H45ClO/c1-22(2)20-18-16-14-12-10-8-6-4-3-5-7-9-11-13-15-17-19-21-23(24)25/h22H,3-21H2,1-2H3. The Morgan fingerprint density at radius 2 is 0.840 bits per heavy atom. The van der Waals surface area contributed by atoms with Crippen LogP contribution < -0.4 is 0 Å². The van der Waals surface area contributed by atoms with Gasteiger partial charge in [0.05, 0.1) is 0 Å². The SMILES string of the molecule is CC(C)CCCCCCCCCCCCCCCCCCCC(=O)Cl. The molecular weight excluding hydrogens is 328 g/mol. The van der Waals surface area contributed by atoms with Gasteiger partial charge in [-0.2, -0.15) is 0 Å². The monoisotopic (exact) mass is 372 g/mol. The Morgan fingerprint density at radius 1 is 0.560 bits per heavy atom. The van der Waals surface area contributed by atoms with Gasteiger partial charge in [0, 0.05) is 6.42 Å². The van der Waals surface area contributed by atoms with Gasteiger partial charge in [-0.15, -0.1) is 0 Å². The summed E-state index contributed by atoms with van der Waals surface area (Å²) in [6.07, 6.45) is 25.3. The fourth-order valence-electron chi connectivity index (χ4n) is 3.47. The largest absolute Gasteiger partial charge is 0.281 e. The van der Waals surface area contributed by atoms with Crippen LogP contribution in [0.1, 0.15) is 136 Å². The molecule has 0 bridgehead atoms. The minimum atomic E-state index is -0.179. The van der Waals surface area contributed by atoms with Crippen LogP contribution >= 0.6 is 11.6 Å². The van der Waals surface area contributed by atoms with E-state index in [4.69, 9.17) is 11.6 Å². The normalized spacial score (nSPS) is 11.4. The molecule has 0 aliphatic heterocycles. The highest BCUT2D eigenvalue weighted by Gasteiger charge is 1.97. The van der Waals surface area contributed by atoms with E-state index in [9.17, 15) is 4.79 Å². The topological polar surface area (TPSA) is 17.1 Å². The summed E-state index contributed by atoms with van der Waals surface area (Å²) in [5, 5.41) is -0.179. The first-order valence-corrected chi connectivity index (χ1v) is 11.7. The molecule has 1 nitrogen and oxygen atoms in total. The van der Waals surface area contributed by atoms with E-state index in [1.807, 2.05) is 0 Å². The van der Waals surface area contributed by atoms with Crippen molar-refractivity contribution < 1.29 is 4.79 Å². The smallest absolute Gasteiger partial charge is 0.221 e. The van der Waals surface area contributed by atoms with Crippen molar-refractivity contribution >= 4 is 16.8 Å². The Labute approximate surface area is 163 Å². The van der Waals surface area contributed by atoms with Gasteiger partial charge in [-0.1, -0.05) is 123 Å². The molecule has 0 unspecified atom stereocenters. The molecule has 0 N–H and O–H groups in total. The van der Waals surface area contributed by atoms with Gasteiger partial charge in [-0.05, 0) is 23.9 Å². The maximum absolute atomic E-state index is 10.6. The van der Waals surface area contributed by atoms with Gasteiger partial charge in [0.2, 0.25) is 5.24 Å². The molecule has 0 aliphatic carbocycles. The average molecular weight is 373 g/mol. The number of hydrogen-bond acceptors (Lipinski definition) is 1. The average Bonchev–Trinajstić information content (AvgIpc) is 2.56. The summed E-state index contributed by atoms with van der Waals surface area (Å²) in [5.74, 6) is 0.882. The van der Waals surface area contributed by atoms with E-state index < -0.39 is 0 Å². The van der Waals surface area contributed by atoms with Gasteiger partial charge in [-0.3, -0.25) is 4.79 Å². The molecule has 0 aromatic rings. The Kier molecular flexibility index (Phi) is 20.2. The van der Waals surface area contributed by atoms with Crippen LogP contribution in [0.15, 0.2) is 0 Å². The van der Waals surface area contributed by atoms with Crippen LogP contribution in [-0.2, 0) is 4.79 Å². The molecule has 0 saturated heterocycles. The quantitative estimate of drug-likeness (QED) is 0.154. The summed E-state index contributed by atoms with van der Waals surface area (Å²) in [6, 6.07) is 0. The van der Waals surface area contributed by atoms with Crippen molar-refractivity contribution in [3.63, 3.8) is 0 Å². The third kappa shape index (κ3) is 24.0. The summed E-state index contributed by atoms with van der Waals surface area (Å²) < 4.78 is 0. The van der Waals surface area contributed by atoms with Gasteiger partial charge < -0.3 is 0 Å².